The molecule has 0 atom stereocenters. The molecule has 1 rings (SSSR count). The molecular formula is C19H28ClF2NO. The summed E-state index contributed by atoms with van der Waals surface area (Å²) in [5.74, 6) is -1.78. The van der Waals surface area contributed by atoms with Crippen LogP contribution >= 0.6 is 11.6 Å². The number of hydrogen-bond acceptors (Lipinski definition) is 1. The van der Waals surface area contributed by atoms with Gasteiger partial charge < -0.3 is 4.90 Å². The third-order valence-electron chi connectivity index (χ3n) is 4.15. The molecule has 0 aliphatic rings. The predicted octanol–water partition coefficient (Wildman–Crippen LogP) is 6.50. The first kappa shape index (κ1) is 20.9. The number of halogens is 3. The standard InChI is InChI=1S/C19H28ClF2NO/c1-4-7-10-14(11-8-5-2)23(17(24)9-6-3)16-13-12-15(21)18(20)19(16)22/h12-14H,4-11H2,1-3H3. The van der Waals surface area contributed by atoms with Gasteiger partial charge in [-0.15, -0.1) is 0 Å². The van der Waals surface area contributed by atoms with Gasteiger partial charge in [0, 0.05) is 12.5 Å². The molecule has 0 aromatic heterocycles. The van der Waals surface area contributed by atoms with Gasteiger partial charge in [0.15, 0.2) is 5.82 Å². The summed E-state index contributed by atoms with van der Waals surface area (Å²) < 4.78 is 28.1. The van der Waals surface area contributed by atoms with E-state index in [1.807, 2.05) is 6.92 Å². The second-order valence-electron chi connectivity index (χ2n) is 6.15. The Morgan fingerprint density at radius 2 is 1.67 bits per heavy atom. The maximum Gasteiger partial charge on any atom is 0.227 e. The SMILES string of the molecule is CCCCC(CCCC)N(C(=O)CCC)c1ccc(F)c(Cl)c1F. The fourth-order valence-corrected chi connectivity index (χ4v) is 3.01. The highest BCUT2D eigenvalue weighted by atomic mass is 35.5. The molecule has 0 aliphatic carbocycles. The second-order valence-corrected chi connectivity index (χ2v) is 6.52. The smallest absolute Gasteiger partial charge is 0.227 e. The molecule has 0 unspecified atom stereocenters. The first-order valence-electron chi connectivity index (χ1n) is 8.93. The maximum atomic E-state index is 14.6. The van der Waals surface area contributed by atoms with E-state index < -0.39 is 16.7 Å². The summed E-state index contributed by atoms with van der Waals surface area (Å²) in [6, 6.07) is 2.37. The molecule has 0 aliphatic heterocycles. The van der Waals surface area contributed by atoms with Crippen molar-refractivity contribution in [2.75, 3.05) is 4.90 Å². The molecule has 0 N–H and O–H groups in total. The van der Waals surface area contributed by atoms with Crippen molar-refractivity contribution < 1.29 is 13.6 Å². The summed E-state index contributed by atoms with van der Waals surface area (Å²) in [5.41, 5.74) is 0.0945. The Hall–Kier alpha value is -1.16. The number of carbonyl (C=O) groups is 1. The fraction of sp³-hybridized carbons (Fsp3) is 0.632. The first-order valence-corrected chi connectivity index (χ1v) is 9.31. The Bertz CT molecular complexity index is 528. The lowest BCUT2D eigenvalue weighted by Gasteiger charge is -2.33. The van der Waals surface area contributed by atoms with Crippen molar-refractivity contribution in [2.24, 2.45) is 0 Å². The number of rotatable bonds is 10. The lowest BCUT2D eigenvalue weighted by Crippen LogP contribution is -2.41. The molecule has 1 amide bonds. The van der Waals surface area contributed by atoms with Crippen molar-refractivity contribution in [3.05, 3.63) is 28.8 Å². The number of nitrogens with zero attached hydrogens (tertiary/aromatic N) is 1. The summed E-state index contributed by atoms with van der Waals surface area (Å²) in [4.78, 5) is 14.2. The van der Waals surface area contributed by atoms with Crippen LogP contribution in [0.25, 0.3) is 0 Å². The predicted molar refractivity (Wildman–Crippen MR) is 96.6 cm³/mol. The van der Waals surface area contributed by atoms with Crippen LogP contribution in [0.2, 0.25) is 5.02 Å². The third-order valence-corrected chi connectivity index (χ3v) is 4.50. The van der Waals surface area contributed by atoms with Gasteiger partial charge in [-0.2, -0.15) is 0 Å². The van der Waals surface area contributed by atoms with E-state index >= 15 is 0 Å². The van der Waals surface area contributed by atoms with E-state index in [0.717, 1.165) is 44.6 Å². The Labute approximate surface area is 149 Å². The molecular weight excluding hydrogens is 332 g/mol. The summed E-state index contributed by atoms with van der Waals surface area (Å²) in [6.45, 7) is 6.09. The molecule has 0 heterocycles. The number of unbranched alkanes of at least 4 members (excludes halogenated alkanes) is 2. The van der Waals surface area contributed by atoms with E-state index in [1.54, 1.807) is 0 Å². The molecule has 0 radical (unpaired) electrons. The first-order chi connectivity index (χ1) is 11.5. The molecule has 5 heteroatoms. The molecule has 0 saturated heterocycles. The van der Waals surface area contributed by atoms with Gasteiger partial charge in [-0.05, 0) is 31.4 Å². The lowest BCUT2D eigenvalue weighted by molar-refractivity contribution is -0.119. The lowest BCUT2D eigenvalue weighted by atomic mass is 10.00. The van der Waals surface area contributed by atoms with Crippen molar-refractivity contribution in [1.82, 2.24) is 0 Å². The van der Waals surface area contributed by atoms with Crippen LogP contribution in [0.1, 0.15) is 72.1 Å². The number of benzene rings is 1. The summed E-state index contributed by atoms with van der Waals surface area (Å²) in [7, 11) is 0. The van der Waals surface area contributed by atoms with Crippen molar-refractivity contribution >= 4 is 23.2 Å². The Morgan fingerprint density at radius 3 is 2.17 bits per heavy atom. The van der Waals surface area contributed by atoms with Gasteiger partial charge in [0.25, 0.3) is 0 Å². The number of hydrogen-bond donors (Lipinski definition) is 0. The molecule has 0 bridgehead atoms. The van der Waals surface area contributed by atoms with Gasteiger partial charge in [0.2, 0.25) is 5.91 Å². The second kappa shape index (κ2) is 10.7. The summed E-state index contributed by atoms with van der Waals surface area (Å²) in [6.07, 6.45) is 6.56. The normalized spacial score (nSPS) is 11.1. The van der Waals surface area contributed by atoms with Crippen LogP contribution < -0.4 is 4.90 Å². The van der Waals surface area contributed by atoms with E-state index in [1.165, 1.54) is 11.0 Å². The fourth-order valence-electron chi connectivity index (χ4n) is 2.85. The zero-order valence-electron chi connectivity index (χ0n) is 14.9. The monoisotopic (exact) mass is 359 g/mol. The topological polar surface area (TPSA) is 20.3 Å². The highest BCUT2D eigenvalue weighted by molar-refractivity contribution is 6.31. The van der Waals surface area contributed by atoms with E-state index in [9.17, 15) is 13.6 Å². The van der Waals surface area contributed by atoms with Crippen LogP contribution in [0.5, 0.6) is 0 Å². The molecule has 0 saturated carbocycles. The van der Waals surface area contributed by atoms with E-state index in [0.29, 0.717) is 12.8 Å². The number of amides is 1. The van der Waals surface area contributed by atoms with Gasteiger partial charge in [0.05, 0.1) is 5.69 Å². The molecule has 2 nitrogen and oxygen atoms in total. The Kier molecular flexibility index (Phi) is 9.27. The zero-order chi connectivity index (χ0) is 18.1. The summed E-state index contributed by atoms with van der Waals surface area (Å²) in [5, 5.41) is -0.550. The molecule has 1 aromatic rings. The van der Waals surface area contributed by atoms with Crippen molar-refractivity contribution in [3.63, 3.8) is 0 Å². The van der Waals surface area contributed by atoms with Gasteiger partial charge in [-0.25, -0.2) is 8.78 Å². The molecule has 1 aromatic carbocycles. The van der Waals surface area contributed by atoms with Gasteiger partial charge >= 0.3 is 0 Å². The maximum absolute atomic E-state index is 14.6. The van der Waals surface area contributed by atoms with E-state index in [4.69, 9.17) is 11.6 Å². The molecule has 0 spiro atoms. The minimum Gasteiger partial charge on any atom is -0.307 e. The van der Waals surface area contributed by atoms with Crippen molar-refractivity contribution in [1.29, 1.82) is 0 Å². The van der Waals surface area contributed by atoms with Crippen LogP contribution in [0.4, 0.5) is 14.5 Å². The molecule has 24 heavy (non-hydrogen) atoms. The quantitative estimate of drug-likeness (QED) is 0.436. The zero-order valence-corrected chi connectivity index (χ0v) is 15.6. The minimum absolute atomic E-state index is 0.0834. The Morgan fingerprint density at radius 1 is 1.08 bits per heavy atom. The highest BCUT2D eigenvalue weighted by Crippen LogP contribution is 2.32. The van der Waals surface area contributed by atoms with Crippen LogP contribution in [-0.4, -0.2) is 11.9 Å². The van der Waals surface area contributed by atoms with Crippen LogP contribution in [0.15, 0.2) is 12.1 Å². The Balaban J connectivity index is 3.26. The number of anilines is 1. The largest absolute Gasteiger partial charge is 0.307 e. The minimum atomic E-state index is -0.848. The van der Waals surface area contributed by atoms with Crippen LogP contribution in [0.3, 0.4) is 0 Å². The van der Waals surface area contributed by atoms with Gasteiger partial charge in [-0.1, -0.05) is 58.1 Å². The van der Waals surface area contributed by atoms with Crippen LogP contribution in [-0.2, 0) is 4.79 Å². The average molecular weight is 360 g/mol. The highest BCUT2D eigenvalue weighted by Gasteiger charge is 2.28. The van der Waals surface area contributed by atoms with E-state index in [-0.39, 0.29) is 17.6 Å². The van der Waals surface area contributed by atoms with E-state index in [2.05, 4.69) is 13.8 Å². The van der Waals surface area contributed by atoms with Crippen LogP contribution in [0, 0.1) is 11.6 Å². The van der Waals surface area contributed by atoms with Gasteiger partial charge in [0.1, 0.15) is 10.8 Å². The summed E-state index contributed by atoms with van der Waals surface area (Å²) >= 11 is 5.73. The van der Waals surface area contributed by atoms with Crippen molar-refractivity contribution in [3.8, 4) is 0 Å². The average Bonchev–Trinajstić information content (AvgIpc) is 2.57. The molecule has 136 valence electrons. The van der Waals surface area contributed by atoms with Crippen molar-refractivity contribution in [2.45, 2.75) is 78.2 Å². The molecule has 0 fully saturated rings. The number of carbonyl (C=O) groups excluding carboxylic acids is 1. The third kappa shape index (κ3) is 5.44. The van der Waals surface area contributed by atoms with Gasteiger partial charge in [-0.3, -0.25) is 4.79 Å².